The highest BCUT2D eigenvalue weighted by Gasteiger charge is 2.14. The molecule has 0 radical (unpaired) electrons. The van der Waals surface area contributed by atoms with Gasteiger partial charge in [-0.05, 0) is 12.1 Å². The van der Waals surface area contributed by atoms with Crippen molar-refractivity contribution in [1.29, 1.82) is 0 Å². The van der Waals surface area contributed by atoms with E-state index in [-0.39, 0.29) is 0 Å². The van der Waals surface area contributed by atoms with Crippen molar-refractivity contribution in [1.82, 2.24) is 0 Å². The van der Waals surface area contributed by atoms with E-state index in [4.69, 9.17) is 0 Å². The molecule has 1 aromatic rings. The first kappa shape index (κ1) is 12.5. The second-order valence-electron chi connectivity index (χ2n) is 3.83. The molecule has 1 fully saturated rings. The maximum atomic E-state index is 4.08. The lowest BCUT2D eigenvalue weighted by atomic mass is 10.4. The van der Waals surface area contributed by atoms with Crippen molar-refractivity contribution in [3.63, 3.8) is 0 Å². The zero-order valence-corrected chi connectivity index (χ0v) is 11.7. The Morgan fingerprint density at radius 1 is 1.06 bits per heavy atom. The van der Waals surface area contributed by atoms with Crippen molar-refractivity contribution in [2.75, 3.05) is 23.0 Å². The standard InChI is InChI=1S/C13H16S3/c1-11-7-14-9-13(10-15-8-11)16-12-5-3-2-4-6-12/h2-6,13H,1,7-10H2. The Kier molecular flexibility index (Phi) is 5.20. The Morgan fingerprint density at radius 3 is 2.31 bits per heavy atom. The van der Waals surface area contributed by atoms with Crippen molar-refractivity contribution in [3.05, 3.63) is 42.5 Å². The van der Waals surface area contributed by atoms with Crippen molar-refractivity contribution in [2.24, 2.45) is 0 Å². The van der Waals surface area contributed by atoms with Gasteiger partial charge in [-0.25, -0.2) is 0 Å². The molecule has 0 aliphatic carbocycles. The van der Waals surface area contributed by atoms with Gasteiger partial charge in [0.15, 0.2) is 0 Å². The van der Waals surface area contributed by atoms with E-state index in [1.807, 2.05) is 35.3 Å². The molecule has 0 bridgehead atoms. The first-order chi connectivity index (χ1) is 7.84. The molecule has 1 aromatic carbocycles. The van der Waals surface area contributed by atoms with Crippen LogP contribution < -0.4 is 0 Å². The third-order valence-electron chi connectivity index (χ3n) is 2.27. The summed E-state index contributed by atoms with van der Waals surface area (Å²) in [6.45, 7) is 4.08. The van der Waals surface area contributed by atoms with Gasteiger partial charge in [0.25, 0.3) is 0 Å². The largest absolute Gasteiger partial charge is 0.156 e. The summed E-state index contributed by atoms with van der Waals surface area (Å²) in [7, 11) is 0. The Balaban J connectivity index is 1.87. The van der Waals surface area contributed by atoms with E-state index in [9.17, 15) is 0 Å². The molecule has 0 atom stereocenters. The molecule has 2 rings (SSSR count). The molecule has 1 aliphatic heterocycles. The number of hydrogen-bond donors (Lipinski definition) is 0. The van der Waals surface area contributed by atoms with E-state index in [1.54, 1.807) is 0 Å². The van der Waals surface area contributed by atoms with Crippen molar-refractivity contribution in [3.8, 4) is 0 Å². The fourth-order valence-corrected chi connectivity index (χ4v) is 5.40. The van der Waals surface area contributed by atoms with E-state index in [0.717, 1.165) is 16.8 Å². The minimum atomic E-state index is 0.741. The Morgan fingerprint density at radius 2 is 1.69 bits per heavy atom. The molecule has 86 valence electrons. The number of benzene rings is 1. The van der Waals surface area contributed by atoms with Crippen LogP contribution in [0.5, 0.6) is 0 Å². The lowest BCUT2D eigenvalue weighted by Gasteiger charge is -2.19. The third kappa shape index (κ3) is 4.11. The summed E-state index contributed by atoms with van der Waals surface area (Å²) in [5, 5.41) is 0.741. The average Bonchev–Trinajstić information content (AvgIpc) is 2.27. The van der Waals surface area contributed by atoms with Gasteiger partial charge in [0.05, 0.1) is 0 Å². The van der Waals surface area contributed by atoms with Gasteiger partial charge in [-0.15, -0.1) is 11.8 Å². The first-order valence-corrected chi connectivity index (χ1v) is 8.57. The fraction of sp³-hybridized carbons (Fsp3) is 0.385. The Labute approximate surface area is 111 Å². The van der Waals surface area contributed by atoms with E-state index < -0.39 is 0 Å². The van der Waals surface area contributed by atoms with Crippen molar-refractivity contribution in [2.45, 2.75) is 10.1 Å². The second kappa shape index (κ2) is 6.67. The highest BCUT2D eigenvalue weighted by molar-refractivity contribution is 8.05. The molecule has 0 N–H and O–H groups in total. The molecule has 0 nitrogen and oxygen atoms in total. The van der Waals surface area contributed by atoms with Crippen LogP contribution in [0.4, 0.5) is 0 Å². The van der Waals surface area contributed by atoms with E-state index >= 15 is 0 Å². The van der Waals surface area contributed by atoms with E-state index in [1.165, 1.54) is 22.0 Å². The zero-order chi connectivity index (χ0) is 11.2. The molecule has 0 spiro atoms. The summed E-state index contributed by atoms with van der Waals surface area (Å²) < 4.78 is 0. The molecule has 0 amide bonds. The lowest BCUT2D eigenvalue weighted by Crippen LogP contribution is -2.13. The number of rotatable bonds is 2. The maximum Gasteiger partial charge on any atom is 0.0276 e. The smallest absolute Gasteiger partial charge is 0.0276 e. The molecular weight excluding hydrogens is 252 g/mol. The predicted octanol–water partition coefficient (Wildman–Crippen LogP) is 4.18. The summed E-state index contributed by atoms with van der Waals surface area (Å²) >= 11 is 6.08. The van der Waals surface area contributed by atoms with E-state index in [2.05, 4.69) is 36.9 Å². The van der Waals surface area contributed by atoms with Crippen molar-refractivity contribution >= 4 is 35.3 Å². The second-order valence-corrected chi connectivity index (χ2v) is 7.27. The van der Waals surface area contributed by atoms with Gasteiger partial charge in [-0.3, -0.25) is 0 Å². The first-order valence-electron chi connectivity index (χ1n) is 5.38. The normalized spacial score (nSPS) is 19.1. The monoisotopic (exact) mass is 268 g/mol. The minimum absolute atomic E-state index is 0.741. The van der Waals surface area contributed by atoms with Crippen LogP contribution in [-0.2, 0) is 0 Å². The SMILES string of the molecule is C=C1CSCC(Sc2ccccc2)CSC1. The topological polar surface area (TPSA) is 0 Å². The van der Waals surface area contributed by atoms with Gasteiger partial charge in [-0.1, -0.05) is 30.4 Å². The van der Waals surface area contributed by atoms with Gasteiger partial charge in [0, 0.05) is 33.2 Å². The lowest BCUT2D eigenvalue weighted by molar-refractivity contribution is 1.13. The van der Waals surface area contributed by atoms with Crippen LogP contribution in [0.25, 0.3) is 0 Å². The maximum absolute atomic E-state index is 4.08. The Hall–Kier alpha value is 0.01000. The van der Waals surface area contributed by atoms with Gasteiger partial charge < -0.3 is 0 Å². The predicted molar refractivity (Wildman–Crippen MR) is 79.9 cm³/mol. The van der Waals surface area contributed by atoms with Crippen LogP contribution in [-0.4, -0.2) is 28.3 Å². The van der Waals surface area contributed by atoms with Crippen LogP contribution in [0.1, 0.15) is 0 Å². The van der Waals surface area contributed by atoms with Crippen LogP contribution in [0.15, 0.2) is 47.4 Å². The minimum Gasteiger partial charge on any atom is -0.156 e. The highest BCUT2D eigenvalue weighted by Crippen LogP contribution is 2.30. The Bertz CT molecular complexity index is 322. The fourth-order valence-electron chi connectivity index (χ4n) is 1.52. The van der Waals surface area contributed by atoms with Gasteiger partial charge in [0.1, 0.15) is 0 Å². The van der Waals surface area contributed by atoms with Crippen molar-refractivity contribution < 1.29 is 0 Å². The number of thioether (sulfide) groups is 3. The molecule has 1 heterocycles. The summed E-state index contributed by atoms with van der Waals surface area (Å²) in [5.41, 5.74) is 1.39. The third-order valence-corrected chi connectivity index (χ3v) is 6.40. The summed E-state index contributed by atoms with van der Waals surface area (Å²) in [6.07, 6.45) is 0. The summed E-state index contributed by atoms with van der Waals surface area (Å²) in [4.78, 5) is 1.40. The van der Waals surface area contributed by atoms with Crippen LogP contribution in [0, 0.1) is 0 Å². The highest BCUT2D eigenvalue weighted by atomic mass is 32.2. The van der Waals surface area contributed by atoms with Gasteiger partial charge >= 0.3 is 0 Å². The van der Waals surface area contributed by atoms with Crippen LogP contribution in [0.2, 0.25) is 0 Å². The molecule has 1 aliphatic rings. The summed E-state index contributed by atoms with van der Waals surface area (Å²) in [6, 6.07) is 10.7. The molecular formula is C13H16S3. The molecule has 0 saturated carbocycles. The molecule has 0 aromatic heterocycles. The average molecular weight is 268 g/mol. The quantitative estimate of drug-likeness (QED) is 0.738. The molecule has 3 heteroatoms. The molecule has 0 unspecified atom stereocenters. The van der Waals surface area contributed by atoms with Crippen LogP contribution in [0.3, 0.4) is 0 Å². The summed E-state index contributed by atoms with van der Waals surface area (Å²) in [5.74, 6) is 4.76. The van der Waals surface area contributed by atoms with Gasteiger partial charge in [-0.2, -0.15) is 23.5 Å². The number of hydrogen-bond acceptors (Lipinski definition) is 3. The van der Waals surface area contributed by atoms with Gasteiger partial charge in [0.2, 0.25) is 0 Å². The molecule has 16 heavy (non-hydrogen) atoms. The van der Waals surface area contributed by atoms with E-state index in [0.29, 0.717) is 0 Å². The zero-order valence-electron chi connectivity index (χ0n) is 9.22. The molecule has 1 saturated heterocycles. The van der Waals surface area contributed by atoms with Crippen LogP contribution >= 0.6 is 35.3 Å².